The van der Waals surface area contributed by atoms with Crippen molar-refractivity contribution in [2.45, 2.75) is 52.1 Å². The molecule has 0 N–H and O–H groups in total. The van der Waals surface area contributed by atoms with Crippen molar-refractivity contribution in [3.05, 3.63) is 29.8 Å². The third-order valence-electron chi connectivity index (χ3n) is 3.66. The van der Waals surface area contributed by atoms with Gasteiger partial charge >= 0.3 is 0 Å². The van der Waals surface area contributed by atoms with E-state index in [1.54, 1.807) is 0 Å². The molecule has 0 aliphatic heterocycles. The van der Waals surface area contributed by atoms with Crippen LogP contribution in [0.1, 0.15) is 44.6 Å². The van der Waals surface area contributed by atoms with Gasteiger partial charge in [-0.3, -0.25) is 0 Å². The Morgan fingerprint density at radius 2 is 1.69 bits per heavy atom. The van der Waals surface area contributed by atoms with Gasteiger partial charge in [0.15, 0.2) is 0 Å². The molecule has 1 saturated carbocycles. The van der Waals surface area contributed by atoms with Crippen molar-refractivity contribution >= 4 is 0 Å². The van der Waals surface area contributed by atoms with Crippen molar-refractivity contribution in [3.63, 3.8) is 0 Å². The standard InChI is InChI=1S/C15H22O/c1-12-8-10-15(11-9-12)16-13(2)14-6-4-3-5-7-14/h8-11,13-14H,3-7H2,1-2H3. The molecule has 0 bridgehead atoms. The molecule has 0 aromatic heterocycles. The summed E-state index contributed by atoms with van der Waals surface area (Å²) in [5.41, 5.74) is 1.29. The van der Waals surface area contributed by atoms with Crippen LogP contribution in [0.15, 0.2) is 24.3 Å². The average molecular weight is 218 g/mol. The van der Waals surface area contributed by atoms with Gasteiger partial charge in [0.25, 0.3) is 0 Å². The van der Waals surface area contributed by atoms with Gasteiger partial charge in [0.05, 0.1) is 6.10 Å². The van der Waals surface area contributed by atoms with Gasteiger partial charge in [-0.05, 0) is 44.7 Å². The van der Waals surface area contributed by atoms with Crippen LogP contribution in [0.3, 0.4) is 0 Å². The van der Waals surface area contributed by atoms with Crippen LogP contribution in [0, 0.1) is 12.8 Å². The minimum atomic E-state index is 0.364. The monoisotopic (exact) mass is 218 g/mol. The van der Waals surface area contributed by atoms with Crippen molar-refractivity contribution in [3.8, 4) is 5.75 Å². The second-order valence-electron chi connectivity index (χ2n) is 5.03. The van der Waals surface area contributed by atoms with Gasteiger partial charge in [-0.25, -0.2) is 0 Å². The number of rotatable bonds is 3. The smallest absolute Gasteiger partial charge is 0.119 e. The van der Waals surface area contributed by atoms with Crippen LogP contribution in [0.2, 0.25) is 0 Å². The van der Waals surface area contributed by atoms with E-state index in [9.17, 15) is 0 Å². The molecule has 88 valence electrons. The number of ether oxygens (including phenoxy) is 1. The van der Waals surface area contributed by atoms with E-state index in [-0.39, 0.29) is 0 Å². The number of aryl methyl sites for hydroxylation is 1. The largest absolute Gasteiger partial charge is 0.490 e. The Hall–Kier alpha value is -0.980. The van der Waals surface area contributed by atoms with Gasteiger partial charge in [-0.15, -0.1) is 0 Å². The number of benzene rings is 1. The summed E-state index contributed by atoms with van der Waals surface area (Å²) in [6.45, 7) is 4.32. The van der Waals surface area contributed by atoms with Crippen LogP contribution < -0.4 is 4.74 Å². The van der Waals surface area contributed by atoms with E-state index in [2.05, 4.69) is 38.1 Å². The van der Waals surface area contributed by atoms with Crippen molar-refractivity contribution < 1.29 is 4.74 Å². The van der Waals surface area contributed by atoms with Crippen molar-refractivity contribution in [1.82, 2.24) is 0 Å². The van der Waals surface area contributed by atoms with Crippen LogP contribution >= 0.6 is 0 Å². The molecule has 0 amide bonds. The minimum absolute atomic E-state index is 0.364. The molecule has 0 saturated heterocycles. The maximum absolute atomic E-state index is 6.01. The zero-order valence-corrected chi connectivity index (χ0v) is 10.4. The molecule has 1 heteroatoms. The highest BCUT2D eigenvalue weighted by Gasteiger charge is 2.21. The molecule has 1 unspecified atom stereocenters. The van der Waals surface area contributed by atoms with Gasteiger partial charge in [0.2, 0.25) is 0 Å². The summed E-state index contributed by atoms with van der Waals surface area (Å²) < 4.78 is 6.01. The Labute approximate surface area is 98.8 Å². The third kappa shape index (κ3) is 3.01. The summed E-state index contributed by atoms with van der Waals surface area (Å²) >= 11 is 0. The first kappa shape index (κ1) is 11.5. The molecule has 0 heterocycles. The Bertz CT molecular complexity index is 309. The van der Waals surface area contributed by atoms with Crippen molar-refractivity contribution in [2.75, 3.05) is 0 Å². The topological polar surface area (TPSA) is 9.23 Å². The lowest BCUT2D eigenvalue weighted by atomic mass is 9.86. The Morgan fingerprint density at radius 1 is 1.06 bits per heavy atom. The summed E-state index contributed by atoms with van der Waals surface area (Å²) in [6.07, 6.45) is 7.22. The highest BCUT2D eigenvalue weighted by atomic mass is 16.5. The van der Waals surface area contributed by atoms with E-state index < -0.39 is 0 Å². The molecule has 1 aliphatic rings. The lowest BCUT2D eigenvalue weighted by molar-refractivity contribution is 0.123. The summed E-state index contributed by atoms with van der Waals surface area (Å²) in [5.74, 6) is 1.78. The van der Waals surface area contributed by atoms with Gasteiger partial charge in [0.1, 0.15) is 5.75 Å². The van der Waals surface area contributed by atoms with E-state index in [0.29, 0.717) is 6.10 Å². The van der Waals surface area contributed by atoms with E-state index in [1.165, 1.54) is 37.7 Å². The first-order valence-corrected chi connectivity index (χ1v) is 6.49. The van der Waals surface area contributed by atoms with Crippen molar-refractivity contribution in [1.29, 1.82) is 0 Å². The SMILES string of the molecule is Cc1ccc(OC(C)C2CCCCC2)cc1. The van der Waals surface area contributed by atoms with Gasteiger partial charge < -0.3 is 4.74 Å². The quantitative estimate of drug-likeness (QED) is 0.733. The van der Waals surface area contributed by atoms with Crippen LogP contribution in [-0.2, 0) is 0 Å². The average Bonchev–Trinajstić information content (AvgIpc) is 2.33. The van der Waals surface area contributed by atoms with E-state index in [1.807, 2.05) is 0 Å². The zero-order valence-electron chi connectivity index (χ0n) is 10.4. The Kier molecular flexibility index (Phi) is 3.87. The second kappa shape index (κ2) is 5.38. The zero-order chi connectivity index (χ0) is 11.4. The fraction of sp³-hybridized carbons (Fsp3) is 0.600. The van der Waals surface area contributed by atoms with Gasteiger partial charge in [-0.2, -0.15) is 0 Å². The van der Waals surface area contributed by atoms with Crippen molar-refractivity contribution in [2.24, 2.45) is 5.92 Å². The third-order valence-corrected chi connectivity index (χ3v) is 3.66. The molecule has 1 aromatic carbocycles. The van der Waals surface area contributed by atoms with Crippen LogP contribution in [-0.4, -0.2) is 6.10 Å². The summed E-state index contributed by atoms with van der Waals surface area (Å²) in [7, 11) is 0. The summed E-state index contributed by atoms with van der Waals surface area (Å²) in [5, 5.41) is 0. The fourth-order valence-electron chi connectivity index (χ4n) is 2.53. The minimum Gasteiger partial charge on any atom is -0.490 e. The van der Waals surface area contributed by atoms with Crippen LogP contribution in [0.5, 0.6) is 5.75 Å². The maximum atomic E-state index is 6.01. The van der Waals surface area contributed by atoms with Gasteiger partial charge in [-0.1, -0.05) is 37.0 Å². The molecule has 0 radical (unpaired) electrons. The molecule has 2 rings (SSSR count). The molecule has 1 aliphatic carbocycles. The van der Waals surface area contributed by atoms with Crippen LogP contribution in [0.25, 0.3) is 0 Å². The normalized spacial score (nSPS) is 19.4. The molecule has 1 aromatic rings. The molecule has 1 fully saturated rings. The van der Waals surface area contributed by atoms with E-state index in [0.717, 1.165) is 11.7 Å². The molecule has 0 spiro atoms. The van der Waals surface area contributed by atoms with Crippen LogP contribution in [0.4, 0.5) is 0 Å². The second-order valence-corrected chi connectivity index (χ2v) is 5.03. The molecule has 1 atom stereocenters. The molecular formula is C15H22O. The predicted molar refractivity (Wildman–Crippen MR) is 67.8 cm³/mol. The molecule has 16 heavy (non-hydrogen) atoms. The van der Waals surface area contributed by atoms with E-state index >= 15 is 0 Å². The maximum Gasteiger partial charge on any atom is 0.119 e. The summed E-state index contributed by atoms with van der Waals surface area (Å²) in [4.78, 5) is 0. The Morgan fingerprint density at radius 3 is 2.31 bits per heavy atom. The highest BCUT2D eigenvalue weighted by Crippen LogP contribution is 2.28. The predicted octanol–water partition coefficient (Wildman–Crippen LogP) is 4.34. The fourth-order valence-corrected chi connectivity index (χ4v) is 2.53. The highest BCUT2D eigenvalue weighted by molar-refractivity contribution is 5.26. The first-order chi connectivity index (χ1) is 7.75. The lowest BCUT2D eigenvalue weighted by Gasteiger charge is -2.28. The first-order valence-electron chi connectivity index (χ1n) is 6.49. The molecular weight excluding hydrogens is 196 g/mol. The summed E-state index contributed by atoms with van der Waals surface area (Å²) in [6, 6.07) is 8.38. The molecule has 1 nitrogen and oxygen atoms in total. The lowest BCUT2D eigenvalue weighted by Crippen LogP contribution is -2.25. The number of hydrogen-bond donors (Lipinski definition) is 0. The number of hydrogen-bond acceptors (Lipinski definition) is 1. The van der Waals surface area contributed by atoms with Gasteiger partial charge in [0, 0.05) is 0 Å². The van der Waals surface area contributed by atoms with E-state index in [4.69, 9.17) is 4.74 Å². The Balaban J connectivity index is 1.90.